The molecule has 3 aromatic heterocycles. The summed E-state index contributed by atoms with van der Waals surface area (Å²) in [6.07, 6.45) is 2.50. The predicted octanol–water partition coefficient (Wildman–Crippen LogP) is 11.3. The first-order chi connectivity index (χ1) is 26.6. The van der Waals surface area contributed by atoms with Gasteiger partial charge in [-0.1, -0.05) is 120 Å². The van der Waals surface area contributed by atoms with Crippen molar-refractivity contribution in [1.82, 2.24) is 4.57 Å². The smallest absolute Gasteiger partial charge is 0.364 e. The molecular formula is C50H45N3OSi+2. The van der Waals surface area contributed by atoms with E-state index in [1.54, 1.807) is 0 Å². The van der Waals surface area contributed by atoms with Gasteiger partial charge in [0.1, 0.15) is 16.8 Å². The van der Waals surface area contributed by atoms with Gasteiger partial charge in [0.25, 0.3) is 0 Å². The number of rotatable bonds is 4. The van der Waals surface area contributed by atoms with Gasteiger partial charge in [0.05, 0.1) is 24.8 Å². The van der Waals surface area contributed by atoms with E-state index >= 15 is 0 Å². The molecule has 5 heteroatoms. The van der Waals surface area contributed by atoms with Gasteiger partial charge in [0.15, 0.2) is 22.8 Å². The van der Waals surface area contributed by atoms with Gasteiger partial charge in [-0.15, -0.1) is 9.13 Å². The minimum absolute atomic E-state index is 0.306. The van der Waals surface area contributed by atoms with Crippen LogP contribution in [0.3, 0.4) is 0 Å². The molecule has 1 spiro atoms. The van der Waals surface area contributed by atoms with Gasteiger partial charge in [-0.25, -0.2) is 0 Å². The maximum absolute atomic E-state index is 7.11. The zero-order chi connectivity index (χ0) is 37.5. The van der Waals surface area contributed by atoms with E-state index in [1.807, 2.05) is 0 Å². The van der Waals surface area contributed by atoms with Crippen molar-refractivity contribution in [2.75, 3.05) is 0 Å². The number of para-hydroxylation sites is 2. The summed E-state index contributed by atoms with van der Waals surface area (Å²) in [6, 6.07) is 47.8. The van der Waals surface area contributed by atoms with E-state index in [-0.39, 0.29) is 0 Å². The number of imidazole rings is 1. The fraction of sp³-hybridized carbons (Fsp3) is 0.200. The average Bonchev–Trinajstić information content (AvgIpc) is 3.90. The van der Waals surface area contributed by atoms with Gasteiger partial charge < -0.3 is 4.42 Å². The van der Waals surface area contributed by atoms with Crippen molar-refractivity contribution in [3.05, 3.63) is 156 Å². The Morgan fingerprint density at radius 2 is 1.35 bits per heavy atom. The molecule has 0 saturated carbocycles. The van der Waals surface area contributed by atoms with E-state index in [4.69, 9.17) is 4.42 Å². The molecule has 268 valence electrons. The lowest BCUT2D eigenvalue weighted by molar-refractivity contribution is -0.733. The van der Waals surface area contributed by atoms with E-state index in [1.165, 1.54) is 66.2 Å². The van der Waals surface area contributed by atoms with Gasteiger partial charge in [0, 0.05) is 38.5 Å². The fourth-order valence-corrected chi connectivity index (χ4v) is 11.1. The molecule has 0 aliphatic carbocycles. The van der Waals surface area contributed by atoms with Crippen LogP contribution in [0.2, 0.25) is 19.6 Å². The molecule has 0 radical (unpaired) electrons. The highest BCUT2D eigenvalue weighted by atomic mass is 28.3. The Balaban J connectivity index is 1.46. The summed E-state index contributed by atoms with van der Waals surface area (Å²) < 4.78 is 15.1. The highest BCUT2D eigenvalue weighted by Crippen LogP contribution is 2.55. The van der Waals surface area contributed by atoms with E-state index in [0.717, 1.165) is 33.3 Å². The summed E-state index contributed by atoms with van der Waals surface area (Å²) in [5.41, 5.74) is 13.8. The number of pyridine rings is 1. The lowest BCUT2D eigenvalue weighted by Gasteiger charge is -2.22. The molecule has 55 heavy (non-hydrogen) atoms. The monoisotopic (exact) mass is 731 g/mol. The van der Waals surface area contributed by atoms with Crippen molar-refractivity contribution in [2.45, 2.75) is 64.8 Å². The molecule has 9 aromatic rings. The van der Waals surface area contributed by atoms with Crippen LogP contribution in [0.1, 0.15) is 61.8 Å². The second-order valence-electron chi connectivity index (χ2n) is 17.3. The van der Waals surface area contributed by atoms with E-state index in [2.05, 4.69) is 195 Å². The minimum Gasteiger partial charge on any atom is -0.455 e. The molecule has 5 heterocycles. The molecule has 2 aliphatic heterocycles. The van der Waals surface area contributed by atoms with Crippen molar-refractivity contribution in [1.29, 1.82) is 0 Å². The molecule has 0 saturated heterocycles. The molecule has 0 amide bonds. The molecule has 11 rings (SSSR count). The lowest BCUT2D eigenvalue weighted by atomic mass is 9.88. The van der Waals surface area contributed by atoms with Crippen molar-refractivity contribution in [2.24, 2.45) is 0 Å². The van der Waals surface area contributed by atoms with Crippen LogP contribution in [0.15, 0.2) is 138 Å². The summed E-state index contributed by atoms with van der Waals surface area (Å²) in [4.78, 5) is 0. The minimum atomic E-state index is -1.73. The number of aromatic nitrogens is 3. The Morgan fingerprint density at radius 1 is 0.636 bits per heavy atom. The topological polar surface area (TPSA) is 25.8 Å². The number of hydrogen-bond donors (Lipinski definition) is 0. The number of hydrogen-bond acceptors (Lipinski definition) is 1. The molecule has 1 atom stereocenters. The van der Waals surface area contributed by atoms with Gasteiger partial charge in [-0.05, 0) is 65.8 Å². The van der Waals surface area contributed by atoms with Crippen LogP contribution in [0.5, 0.6) is 0 Å². The van der Waals surface area contributed by atoms with Gasteiger partial charge >= 0.3 is 11.5 Å². The van der Waals surface area contributed by atoms with Crippen LogP contribution in [0.4, 0.5) is 0 Å². The van der Waals surface area contributed by atoms with E-state index < -0.39 is 13.7 Å². The van der Waals surface area contributed by atoms with Crippen molar-refractivity contribution >= 4 is 57.0 Å². The lowest BCUT2D eigenvalue weighted by Crippen LogP contribution is -2.61. The highest BCUT2D eigenvalue weighted by Gasteiger charge is 2.67. The quantitative estimate of drug-likeness (QED) is 0.131. The molecule has 4 nitrogen and oxygen atoms in total. The first-order valence-electron chi connectivity index (χ1n) is 19.8. The predicted molar refractivity (Wildman–Crippen MR) is 228 cm³/mol. The molecule has 6 aromatic carbocycles. The van der Waals surface area contributed by atoms with Gasteiger partial charge in [-0.2, -0.15) is 4.57 Å². The van der Waals surface area contributed by atoms with E-state index in [9.17, 15) is 0 Å². The van der Waals surface area contributed by atoms with Crippen molar-refractivity contribution in [3.8, 4) is 28.3 Å². The fourth-order valence-electron chi connectivity index (χ4n) is 10.0. The van der Waals surface area contributed by atoms with Crippen LogP contribution in [-0.2, 0) is 5.66 Å². The summed E-state index contributed by atoms with van der Waals surface area (Å²) in [7, 11) is -1.73. The number of furan rings is 1. The van der Waals surface area contributed by atoms with Crippen molar-refractivity contribution < 1.29 is 13.6 Å². The van der Waals surface area contributed by atoms with Gasteiger partial charge in [0.2, 0.25) is 5.69 Å². The second-order valence-corrected chi connectivity index (χ2v) is 22.4. The molecule has 0 bridgehead atoms. The maximum atomic E-state index is 7.11. The molecule has 0 N–H and O–H groups in total. The Labute approximate surface area is 322 Å². The third-order valence-electron chi connectivity index (χ3n) is 12.5. The maximum Gasteiger partial charge on any atom is 0.364 e. The third kappa shape index (κ3) is 4.11. The number of nitrogens with zero attached hydrogens (tertiary/aromatic N) is 3. The third-order valence-corrected chi connectivity index (χ3v) is 14.6. The van der Waals surface area contributed by atoms with Crippen molar-refractivity contribution in [3.63, 3.8) is 0 Å². The Bertz CT molecular complexity index is 3080. The average molecular weight is 732 g/mol. The Morgan fingerprint density at radius 3 is 2.11 bits per heavy atom. The van der Waals surface area contributed by atoms with Gasteiger partial charge in [-0.3, -0.25) is 0 Å². The first-order valence-corrected chi connectivity index (χ1v) is 23.3. The number of benzene rings is 6. The second kappa shape index (κ2) is 11.1. The summed E-state index contributed by atoms with van der Waals surface area (Å²) >= 11 is 0. The first kappa shape index (κ1) is 32.6. The normalized spacial score (nSPS) is 15.9. The summed E-state index contributed by atoms with van der Waals surface area (Å²) in [5.74, 6) is 1.77. The van der Waals surface area contributed by atoms with E-state index in [0.29, 0.717) is 11.8 Å². The molecule has 0 fully saturated rings. The summed E-state index contributed by atoms with van der Waals surface area (Å²) in [5, 5.41) is 6.21. The molecular weight excluding hydrogens is 687 g/mol. The van der Waals surface area contributed by atoms with Crippen LogP contribution < -0.4 is 14.3 Å². The summed E-state index contributed by atoms with van der Waals surface area (Å²) in [6.45, 7) is 16.7. The van der Waals surface area contributed by atoms with Crippen LogP contribution >= 0.6 is 0 Å². The Kier molecular flexibility index (Phi) is 6.61. The SMILES string of the molecule is CC(C)c1cccc(C(C)C)c1-[n+]1c2n(c3ccc4ccccc4c31)C1(c3ccccc3-c3ccc([Si](C)(C)C)c[n+]31)c1ccc3c(oc4ccccc43)c1-2. The van der Waals surface area contributed by atoms with Crippen LogP contribution in [0.25, 0.3) is 72.1 Å². The molecule has 1 unspecified atom stereocenters. The zero-order valence-electron chi connectivity index (χ0n) is 32.6. The number of fused-ring (bicyclic) bond motifs is 18. The van der Waals surface area contributed by atoms with Crippen LogP contribution in [-0.4, -0.2) is 12.6 Å². The van der Waals surface area contributed by atoms with Crippen LogP contribution in [0, 0.1) is 0 Å². The molecule has 2 aliphatic rings. The highest BCUT2D eigenvalue weighted by molar-refractivity contribution is 6.88. The largest absolute Gasteiger partial charge is 0.455 e. The zero-order valence-corrected chi connectivity index (χ0v) is 33.6. The Hall–Kier alpha value is -5.78. The standard InChI is InChI=1S/C50H45N3OSi/c1-30(2)34-19-14-20-35(31(3)4)46(34)52-47-36-16-9-8-15-32(36)23-27-43(47)53-49(52)45-41(26-25-38-37-17-11-13-22-44(37)54-48(38)45)50(53)40-21-12-10-18-39(40)42-28-24-33(29-51(42)50)55(5,6)7/h8-31H,1-7H3/q+2.